The van der Waals surface area contributed by atoms with E-state index in [1.807, 2.05) is 0 Å². The Morgan fingerprint density at radius 1 is 1.12 bits per heavy atom. The Bertz CT molecular complexity index is 965. The van der Waals surface area contributed by atoms with Gasteiger partial charge in [-0.25, -0.2) is 13.1 Å². The maximum absolute atomic E-state index is 12.6. The lowest BCUT2D eigenvalue weighted by Crippen LogP contribution is -2.15. The Hall–Kier alpha value is -3.00. The molecule has 0 saturated carbocycles. The standard InChI is InChI=1S/C16H14N4O3S/c1-12(21)13-3-5-14(6-4-13)24(22,23)19-15-11-17-9-7-16(15)20-10-2-8-18-20/h2-11,19H,1H3. The van der Waals surface area contributed by atoms with Crippen molar-refractivity contribution in [2.45, 2.75) is 11.8 Å². The second-order valence-electron chi connectivity index (χ2n) is 5.03. The molecule has 122 valence electrons. The van der Waals surface area contributed by atoms with E-state index < -0.39 is 10.0 Å². The number of carbonyl (C=O) groups excluding carboxylic acids is 1. The number of nitrogens with one attached hydrogen (secondary N) is 1. The second kappa shape index (κ2) is 6.25. The maximum atomic E-state index is 12.6. The van der Waals surface area contributed by atoms with Crippen molar-refractivity contribution < 1.29 is 13.2 Å². The summed E-state index contributed by atoms with van der Waals surface area (Å²) in [6, 6.07) is 9.14. The van der Waals surface area contributed by atoms with E-state index in [1.54, 1.807) is 35.4 Å². The summed E-state index contributed by atoms with van der Waals surface area (Å²) >= 11 is 0. The summed E-state index contributed by atoms with van der Waals surface area (Å²) in [7, 11) is -3.81. The van der Waals surface area contributed by atoms with Crippen LogP contribution in [0.4, 0.5) is 5.69 Å². The first-order valence-corrected chi connectivity index (χ1v) is 8.53. The fourth-order valence-corrected chi connectivity index (χ4v) is 3.21. The molecule has 2 aromatic heterocycles. The van der Waals surface area contributed by atoms with E-state index >= 15 is 0 Å². The summed E-state index contributed by atoms with van der Waals surface area (Å²) in [6.07, 6.45) is 6.27. The number of rotatable bonds is 5. The first kappa shape index (κ1) is 15.9. The number of nitrogens with zero attached hydrogens (tertiary/aromatic N) is 3. The zero-order valence-electron chi connectivity index (χ0n) is 12.7. The van der Waals surface area contributed by atoms with Gasteiger partial charge in [0.2, 0.25) is 0 Å². The van der Waals surface area contributed by atoms with Crippen LogP contribution in [0.3, 0.4) is 0 Å². The van der Waals surface area contributed by atoms with E-state index in [2.05, 4.69) is 14.8 Å². The first-order chi connectivity index (χ1) is 11.5. The van der Waals surface area contributed by atoms with E-state index in [1.165, 1.54) is 37.4 Å². The SMILES string of the molecule is CC(=O)c1ccc(S(=O)(=O)Nc2cnccc2-n2cccn2)cc1. The van der Waals surface area contributed by atoms with Crippen molar-refractivity contribution in [1.82, 2.24) is 14.8 Å². The molecule has 1 aromatic carbocycles. The van der Waals surface area contributed by atoms with Crippen LogP contribution in [-0.4, -0.2) is 29.0 Å². The van der Waals surface area contributed by atoms with E-state index in [0.717, 1.165) is 0 Å². The normalized spacial score (nSPS) is 11.2. The number of ketones is 1. The number of benzene rings is 1. The van der Waals surface area contributed by atoms with E-state index in [-0.39, 0.29) is 10.7 Å². The van der Waals surface area contributed by atoms with Crippen molar-refractivity contribution in [3.63, 3.8) is 0 Å². The van der Waals surface area contributed by atoms with Crippen LogP contribution in [0.15, 0.2) is 66.1 Å². The summed E-state index contributed by atoms with van der Waals surface area (Å²) in [5.74, 6) is -0.125. The Kier molecular flexibility index (Phi) is 4.13. The maximum Gasteiger partial charge on any atom is 0.262 e. The van der Waals surface area contributed by atoms with E-state index in [4.69, 9.17) is 0 Å². The van der Waals surface area contributed by atoms with Crippen LogP contribution in [0, 0.1) is 0 Å². The minimum Gasteiger partial charge on any atom is -0.295 e. The molecule has 7 nitrogen and oxygen atoms in total. The zero-order chi connectivity index (χ0) is 17.2. The Morgan fingerprint density at radius 2 is 1.88 bits per heavy atom. The molecule has 0 atom stereocenters. The molecule has 0 fully saturated rings. The quantitative estimate of drug-likeness (QED) is 0.718. The van der Waals surface area contributed by atoms with Gasteiger partial charge in [-0.05, 0) is 31.2 Å². The van der Waals surface area contributed by atoms with Crippen molar-refractivity contribution in [3.05, 3.63) is 66.7 Å². The van der Waals surface area contributed by atoms with Crippen LogP contribution >= 0.6 is 0 Å². The average Bonchev–Trinajstić information content (AvgIpc) is 3.09. The fraction of sp³-hybridized carbons (Fsp3) is 0.0625. The van der Waals surface area contributed by atoms with Gasteiger partial charge in [0.25, 0.3) is 10.0 Å². The predicted molar refractivity (Wildman–Crippen MR) is 88.6 cm³/mol. The summed E-state index contributed by atoms with van der Waals surface area (Å²) in [4.78, 5) is 15.3. The number of anilines is 1. The second-order valence-corrected chi connectivity index (χ2v) is 6.71. The highest BCUT2D eigenvalue weighted by Crippen LogP contribution is 2.22. The molecule has 0 aliphatic carbocycles. The number of aromatic nitrogens is 3. The summed E-state index contributed by atoms with van der Waals surface area (Å²) < 4.78 is 29.1. The van der Waals surface area contributed by atoms with Gasteiger partial charge in [0, 0.05) is 24.2 Å². The van der Waals surface area contributed by atoms with Crippen LogP contribution in [0.1, 0.15) is 17.3 Å². The van der Waals surface area contributed by atoms with Crippen LogP contribution in [0.5, 0.6) is 0 Å². The molecular weight excluding hydrogens is 328 g/mol. The van der Waals surface area contributed by atoms with Gasteiger partial charge in [0.05, 0.1) is 22.5 Å². The van der Waals surface area contributed by atoms with Crippen molar-refractivity contribution >= 4 is 21.5 Å². The van der Waals surface area contributed by atoms with Crippen LogP contribution < -0.4 is 4.72 Å². The third-order valence-electron chi connectivity index (χ3n) is 3.36. The monoisotopic (exact) mass is 342 g/mol. The van der Waals surface area contributed by atoms with Gasteiger partial charge in [-0.3, -0.25) is 14.5 Å². The highest BCUT2D eigenvalue weighted by atomic mass is 32.2. The van der Waals surface area contributed by atoms with Crippen LogP contribution in [0.2, 0.25) is 0 Å². The van der Waals surface area contributed by atoms with Gasteiger partial charge in [0.15, 0.2) is 5.78 Å². The largest absolute Gasteiger partial charge is 0.295 e. The Morgan fingerprint density at radius 3 is 2.50 bits per heavy atom. The van der Waals surface area contributed by atoms with E-state index in [0.29, 0.717) is 16.9 Å². The molecule has 0 aliphatic heterocycles. The lowest BCUT2D eigenvalue weighted by atomic mass is 10.2. The highest BCUT2D eigenvalue weighted by molar-refractivity contribution is 7.92. The minimum atomic E-state index is -3.81. The van der Waals surface area contributed by atoms with Crippen molar-refractivity contribution in [1.29, 1.82) is 0 Å². The lowest BCUT2D eigenvalue weighted by Gasteiger charge is -2.12. The lowest BCUT2D eigenvalue weighted by molar-refractivity contribution is 0.101. The average molecular weight is 342 g/mol. The number of carbonyl (C=O) groups is 1. The molecular formula is C16H14N4O3S. The number of Topliss-reactive ketones (excluding diaryl/α,β-unsaturated/α-hetero) is 1. The summed E-state index contributed by atoms with van der Waals surface area (Å²) in [5, 5.41) is 4.10. The zero-order valence-corrected chi connectivity index (χ0v) is 13.6. The molecule has 0 spiro atoms. The molecule has 0 unspecified atom stereocenters. The van der Waals surface area contributed by atoms with Crippen molar-refractivity contribution in [2.75, 3.05) is 4.72 Å². The summed E-state index contributed by atoms with van der Waals surface area (Å²) in [6.45, 7) is 1.42. The molecule has 1 N–H and O–H groups in total. The molecule has 3 aromatic rings. The molecule has 2 heterocycles. The highest BCUT2D eigenvalue weighted by Gasteiger charge is 2.17. The van der Waals surface area contributed by atoms with Gasteiger partial charge in [-0.1, -0.05) is 12.1 Å². The predicted octanol–water partition coefficient (Wildman–Crippen LogP) is 2.27. The molecule has 24 heavy (non-hydrogen) atoms. The van der Waals surface area contributed by atoms with Gasteiger partial charge >= 0.3 is 0 Å². The van der Waals surface area contributed by atoms with Gasteiger partial charge in [-0.15, -0.1) is 0 Å². The van der Waals surface area contributed by atoms with Crippen molar-refractivity contribution in [3.8, 4) is 5.69 Å². The number of pyridine rings is 1. The topological polar surface area (TPSA) is 94.0 Å². The molecule has 0 radical (unpaired) electrons. The molecule has 0 amide bonds. The molecule has 3 rings (SSSR count). The number of hydrogen-bond acceptors (Lipinski definition) is 5. The van der Waals surface area contributed by atoms with Gasteiger partial charge in [-0.2, -0.15) is 5.10 Å². The van der Waals surface area contributed by atoms with Crippen LogP contribution in [-0.2, 0) is 10.0 Å². The van der Waals surface area contributed by atoms with Gasteiger partial charge in [0.1, 0.15) is 0 Å². The summed E-state index contributed by atoms with van der Waals surface area (Å²) in [5.41, 5.74) is 1.31. The minimum absolute atomic E-state index is 0.0581. The number of hydrogen-bond donors (Lipinski definition) is 1. The molecule has 0 bridgehead atoms. The first-order valence-electron chi connectivity index (χ1n) is 7.05. The molecule has 8 heteroatoms. The Balaban J connectivity index is 1.94. The third-order valence-corrected chi connectivity index (χ3v) is 4.75. The van der Waals surface area contributed by atoms with Gasteiger partial charge < -0.3 is 0 Å². The van der Waals surface area contributed by atoms with Crippen molar-refractivity contribution in [2.24, 2.45) is 0 Å². The smallest absolute Gasteiger partial charge is 0.262 e. The van der Waals surface area contributed by atoms with E-state index in [9.17, 15) is 13.2 Å². The molecule has 0 aliphatic rings. The fourth-order valence-electron chi connectivity index (χ4n) is 2.15. The Labute approximate surface area is 139 Å². The molecule has 0 saturated heterocycles. The van der Waals surface area contributed by atoms with Crippen LogP contribution in [0.25, 0.3) is 5.69 Å². The third kappa shape index (κ3) is 3.18. The number of sulfonamides is 1.